The number of primary amides is 1. The van der Waals surface area contributed by atoms with E-state index in [4.69, 9.17) is 78.4 Å². The minimum Gasteiger partial charge on any atom is -0.491 e. The van der Waals surface area contributed by atoms with E-state index in [1.165, 1.54) is 31.2 Å². The molecule has 0 aliphatic carbocycles. The Balaban J connectivity index is 0.000000217. The van der Waals surface area contributed by atoms with Crippen LogP contribution in [0, 0.1) is 6.57 Å². The minimum atomic E-state index is -1.81. The van der Waals surface area contributed by atoms with E-state index in [0.29, 0.717) is 75.6 Å². The van der Waals surface area contributed by atoms with Gasteiger partial charge in [-0.15, -0.1) is 0 Å². The first kappa shape index (κ1) is 55.7. The molecule has 6 aromatic carbocycles. The highest BCUT2D eigenvalue weighted by Crippen LogP contribution is 2.40. The lowest BCUT2D eigenvalue weighted by molar-refractivity contribution is -0.151. The third kappa shape index (κ3) is 13.6. The molecule has 0 spiro atoms. The molecule has 0 bridgehead atoms. The van der Waals surface area contributed by atoms with Gasteiger partial charge < -0.3 is 50.3 Å². The van der Waals surface area contributed by atoms with Crippen molar-refractivity contribution in [1.82, 2.24) is 9.80 Å². The molecule has 6 aromatic rings. The highest BCUT2D eigenvalue weighted by molar-refractivity contribution is 6.34. The average molecular weight is 1080 g/mol. The molecule has 2 heterocycles. The number of β-amino-alcohol motifs (C(OH)–C–C–N with tert-alkyl or cyclic N) is 1. The largest absolute Gasteiger partial charge is 0.491 e. The molecule has 388 valence electrons. The molecule has 2 amide bonds. The smallest absolute Gasteiger partial charge is 0.259 e. The van der Waals surface area contributed by atoms with Gasteiger partial charge in [0.2, 0.25) is 5.91 Å². The quantitative estimate of drug-likeness (QED) is 0.0584. The van der Waals surface area contributed by atoms with Crippen LogP contribution in [0.1, 0.15) is 58.5 Å². The lowest BCUT2D eigenvalue weighted by Crippen LogP contribution is -2.55. The summed E-state index contributed by atoms with van der Waals surface area (Å²) >= 11 is 25.6. The number of carbonyl (C=O) groups is 2. The van der Waals surface area contributed by atoms with Gasteiger partial charge in [-0.1, -0.05) is 107 Å². The van der Waals surface area contributed by atoms with Crippen molar-refractivity contribution in [3.05, 3.63) is 193 Å². The fraction of sp³-hybridized carbons (Fsp3) is 0.304. The molecule has 2 aliphatic rings. The summed E-state index contributed by atoms with van der Waals surface area (Å²) in [5.41, 5.74) is 8.10. The van der Waals surface area contributed by atoms with E-state index in [-0.39, 0.29) is 50.6 Å². The van der Waals surface area contributed by atoms with Crippen LogP contribution in [-0.2, 0) is 16.0 Å². The van der Waals surface area contributed by atoms with Crippen LogP contribution in [0.15, 0.2) is 133 Å². The van der Waals surface area contributed by atoms with Gasteiger partial charge in [0.15, 0.2) is 11.3 Å². The van der Waals surface area contributed by atoms with Crippen LogP contribution in [0.4, 0.5) is 17.1 Å². The number of benzene rings is 6. The van der Waals surface area contributed by atoms with Crippen molar-refractivity contribution in [2.45, 2.75) is 37.1 Å². The Kier molecular flexibility index (Phi) is 18.8. The Hall–Kier alpha value is -6.09. The molecule has 0 unspecified atom stereocenters. The molecule has 0 radical (unpaired) electrons. The first-order chi connectivity index (χ1) is 35.4. The number of carbonyl (C=O) groups excluding carboxylic acids is 2. The SMILES string of the molecule is C[C@@](O)(C(=O)N1CCN(c2ccc(OCCO)cc2Cl)[C@H](c2ccc(Cl)cc2)C1)c1ccc(C(N)=O)cc1.[C-]#[N+]c1ccc([C@](C)(O)CN2CCN(c3ccc(OCCO)cc3Cl)[C@H](c3ccc(Cl)cc3)C2)cc1. The number of amides is 2. The minimum absolute atomic E-state index is 0.0157. The number of ether oxygens (including phenoxy) is 2. The number of aliphatic hydroxyl groups is 4. The van der Waals surface area contributed by atoms with Crippen LogP contribution in [-0.4, -0.2) is 114 Å². The highest BCUT2D eigenvalue weighted by Gasteiger charge is 2.41. The first-order valence-electron chi connectivity index (χ1n) is 23.9. The summed E-state index contributed by atoms with van der Waals surface area (Å²) in [6, 6.07) is 39.0. The molecule has 6 N–H and O–H groups in total. The summed E-state index contributed by atoms with van der Waals surface area (Å²) in [6.45, 7) is 14.3. The molecule has 2 fully saturated rings. The Morgan fingerprint density at radius 3 is 1.58 bits per heavy atom. The molecule has 2 aliphatic heterocycles. The van der Waals surface area contributed by atoms with Gasteiger partial charge in [-0.25, -0.2) is 4.85 Å². The third-order valence-corrected chi connectivity index (χ3v) is 14.2. The van der Waals surface area contributed by atoms with Crippen LogP contribution < -0.4 is 25.0 Å². The summed E-state index contributed by atoms with van der Waals surface area (Å²) in [5.74, 6) is 0.112. The van der Waals surface area contributed by atoms with Crippen molar-refractivity contribution in [2.24, 2.45) is 5.73 Å². The van der Waals surface area contributed by atoms with Crippen LogP contribution >= 0.6 is 46.4 Å². The van der Waals surface area contributed by atoms with E-state index in [1.54, 1.807) is 47.4 Å². The number of anilines is 2. The Labute approximate surface area is 451 Å². The van der Waals surface area contributed by atoms with Gasteiger partial charge in [-0.3, -0.25) is 14.5 Å². The van der Waals surface area contributed by atoms with Crippen LogP contribution in [0.5, 0.6) is 11.5 Å². The van der Waals surface area contributed by atoms with Gasteiger partial charge >= 0.3 is 0 Å². The average Bonchev–Trinajstić information content (AvgIpc) is 3.40. The number of rotatable bonds is 16. The second kappa shape index (κ2) is 25.0. The molecule has 14 nitrogen and oxygen atoms in total. The van der Waals surface area contributed by atoms with Crippen molar-refractivity contribution >= 4 is 75.3 Å². The topological polar surface area (TPSA) is 177 Å². The van der Waals surface area contributed by atoms with Gasteiger partial charge in [0.25, 0.3) is 5.91 Å². The summed E-state index contributed by atoms with van der Waals surface area (Å²) in [4.78, 5) is 36.7. The van der Waals surface area contributed by atoms with Crippen LogP contribution in [0.2, 0.25) is 20.1 Å². The first-order valence-corrected chi connectivity index (χ1v) is 25.4. The lowest BCUT2D eigenvalue weighted by Gasteiger charge is -2.45. The summed E-state index contributed by atoms with van der Waals surface area (Å²) in [7, 11) is 0. The van der Waals surface area contributed by atoms with Gasteiger partial charge in [0, 0.05) is 73.6 Å². The number of nitrogens with two attached hydrogens (primary N) is 1. The maximum Gasteiger partial charge on any atom is 0.259 e. The number of piperazine rings is 2. The normalized spacial score (nSPS) is 17.5. The summed E-state index contributed by atoms with van der Waals surface area (Å²) in [6.07, 6.45) is 0. The van der Waals surface area contributed by atoms with Gasteiger partial charge in [-0.05, 0) is 96.8 Å². The lowest BCUT2D eigenvalue weighted by atomic mass is 9.92. The fourth-order valence-corrected chi connectivity index (χ4v) is 10.0. The second-order valence-electron chi connectivity index (χ2n) is 18.3. The Morgan fingerprint density at radius 1 is 0.649 bits per heavy atom. The molecule has 18 heteroatoms. The van der Waals surface area contributed by atoms with Crippen molar-refractivity contribution < 1.29 is 39.5 Å². The summed E-state index contributed by atoms with van der Waals surface area (Å²) < 4.78 is 11.0. The van der Waals surface area contributed by atoms with Gasteiger partial charge in [0.05, 0.1) is 58.9 Å². The third-order valence-electron chi connectivity index (χ3n) is 13.1. The van der Waals surface area contributed by atoms with E-state index < -0.39 is 23.0 Å². The molecular formula is C56H58Cl4N6O8. The molecule has 74 heavy (non-hydrogen) atoms. The van der Waals surface area contributed by atoms with Crippen LogP contribution in [0.3, 0.4) is 0 Å². The van der Waals surface area contributed by atoms with E-state index >= 15 is 0 Å². The zero-order chi connectivity index (χ0) is 53.2. The highest BCUT2D eigenvalue weighted by atomic mass is 35.5. The van der Waals surface area contributed by atoms with Crippen molar-refractivity contribution in [3.63, 3.8) is 0 Å². The van der Waals surface area contributed by atoms with E-state index in [0.717, 1.165) is 34.6 Å². The van der Waals surface area contributed by atoms with E-state index in [1.807, 2.05) is 73.7 Å². The monoisotopic (exact) mass is 1080 g/mol. The van der Waals surface area contributed by atoms with E-state index in [9.17, 15) is 19.8 Å². The zero-order valence-corrected chi connectivity index (χ0v) is 43.9. The summed E-state index contributed by atoms with van der Waals surface area (Å²) in [5, 5.41) is 43.0. The van der Waals surface area contributed by atoms with Crippen molar-refractivity contribution in [2.75, 3.05) is 82.0 Å². The molecule has 0 aromatic heterocycles. The van der Waals surface area contributed by atoms with Crippen molar-refractivity contribution in [1.29, 1.82) is 0 Å². The number of hydrogen-bond acceptors (Lipinski definition) is 11. The van der Waals surface area contributed by atoms with Crippen molar-refractivity contribution in [3.8, 4) is 11.5 Å². The predicted octanol–water partition coefficient (Wildman–Crippen LogP) is 9.45. The molecular weight excluding hydrogens is 1030 g/mol. The zero-order valence-electron chi connectivity index (χ0n) is 40.9. The second-order valence-corrected chi connectivity index (χ2v) is 20.0. The standard InChI is InChI=1S/C28H29Cl2N3O5.C28H29Cl2N3O3/c1-28(37,20-6-2-19(3-7-20)26(31)35)27(36)32-12-13-33(25(17-32)18-4-8-21(29)9-5-18)24-11-10-22(16-23(24)30)38-15-14-34;1-28(35,21-5-9-23(31-2)10-6-21)19-32-13-14-33(27(18-32)20-3-7-22(29)8-4-20)26-12-11-24(17-25(26)30)36-16-15-34/h2-11,16,25,34,37H,12-15,17H2,1H3,(H2,31,35);3-12,17,27,34-35H,13-16,18-19H2,1H3/t25-,28-;27-,28+/m00/s1. The number of hydrogen-bond donors (Lipinski definition) is 5. The Bertz CT molecular complexity index is 2900. The van der Waals surface area contributed by atoms with E-state index in [2.05, 4.69) is 19.5 Å². The number of aliphatic hydroxyl groups excluding tert-OH is 2. The molecule has 8 rings (SSSR count). The van der Waals surface area contributed by atoms with Crippen LogP contribution in [0.25, 0.3) is 4.85 Å². The molecule has 0 saturated carbocycles. The number of halogens is 4. The predicted molar refractivity (Wildman–Crippen MR) is 291 cm³/mol. The Morgan fingerprint density at radius 2 is 1.12 bits per heavy atom. The van der Waals surface area contributed by atoms with Gasteiger partial charge in [-0.2, -0.15) is 0 Å². The van der Waals surface area contributed by atoms with Gasteiger partial charge in [0.1, 0.15) is 24.7 Å². The molecule has 4 atom stereocenters. The molecule has 2 saturated heterocycles. The maximum absolute atomic E-state index is 13.6. The maximum atomic E-state index is 13.6. The fourth-order valence-electron chi connectivity index (χ4n) is 9.23. The number of nitrogens with zero attached hydrogens (tertiary/aromatic N) is 5.